The number of fused-ring (bicyclic) bond motifs is 2. The molecule has 6 nitrogen and oxygen atoms in total. The van der Waals surface area contributed by atoms with Crippen LogP contribution >= 0.6 is 0 Å². The zero-order chi connectivity index (χ0) is 14.4. The number of nitrogens with zero attached hydrogens (tertiary/aromatic N) is 4. The number of aromatic nitrogens is 4. The van der Waals surface area contributed by atoms with Crippen molar-refractivity contribution in [2.45, 2.75) is 19.4 Å². The normalized spacial score (nSPS) is 17.8. The molecular weight excluding hydrogens is 266 g/mol. The van der Waals surface area contributed by atoms with Crippen LogP contribution in [0.2, 0.25) is 0 Å². The second kappa shape index (κ2) is 4.44. The van der Waals surface area contributed by atoms with E-state index in [4.69, 9.17) is 5.73 Å². The lowest BCUT2D eigenvalue weighted by molar-refractivity contribution is 0.0819. The van der Waals surface area contributed by atoms with Crippen molar-refractivity contribution in [3.63, 3.8) is 0 Å². The summed E-state index contributed by atoms with van der Waals surface area (Å²) >= 11 is 0. The van der Waals surface area contributed by atoms with Gasteiger partial charge in [-0.1, -0.05) is 12.1 Å². The minimum absolute atomic E-state index is 0.00968. The van der Waals surface area contributed by atoms with Crippen LogP contribution in [0.25, 0.3) is 11.0 Å². The van der Waals surface area contributed by atoms with Crippen molar-refractivity contribution in [3.8, 4) is 0 Å². The van der Waals surface area contributed by atoms with Crippen molar-refractivity contribution < 1.29 is 4.79 Å². The zero-order valence-corrected chi connectivity index (χ0v) is 11.4. The molecule has 0 aliphatic carbocycles. The van der Waals surface area contributed by atoms with Gasteiger partial charge < -0.3 is 10.3 Å². The van der Waals surface area contributed by atoms with Gasteiger partial charge in [-0.2, -0.15) is 0 Å². The lowest BCUT2D eigenvalue weighted by atomic mass is 9.96. The third kappa shape index (κ3) is 1.83. The molecule has 0 bridgehead atoms. The van der Waals surface area contributed by atoms with Crippen molar-refractivity contribution in [2.75, 3.05) is 5.73 Å². The van der Waals surface area contributed by atoms with Crippen LogP contribution in [0.5, 0.6) is 0 Å². The standard InChI is InChI=1S/C15H15N5O/c16-15-18-11-3-1-2-4-12(11)20(15)14(21)10-5-7-19-8-6-17-13(19)9-10/h1-4,6,8,10H,5,7,9H2,(H2,16,18). The van der Waals surface area contributed by atoms with E-state index < -0.39 is 0 Å². The molecule has 0 saturated carbocycles. The fourth-order valence-electron chi connectivity index (χ4n) is 3.02. The van der Waals surface area contributed by atoms with Gasteiger partial charge in [0.1, 0.15) is 5.82 Å². The fraction of sp³-hybridized carbons (Fsp3) is 0.267. The predicted molar refractivity (Wildman–Crippen MR) is 78.8 cm³/mol. The Labute approximate surface area is 121 Å². The van der Waals surface area contributed by atoms with Gasteiger partial charge >= 0.3 is 0 Å². The molecular formula is C15H15N5O. The van der Waals surface area contributed by atoms with E-state index in [9.17, 15) is 4.79 Å². The summed E-state index contributed by atoms with van der Waals surface area (Å²) in [4.78, 5) is 21.4. The first kappa shape index (κ1) is 12.1. The Balaban J connectivity index is 1.73. The Bertz CT molecular complexity index is 832. The van der Waals surface area contributed by atoms with E-state index >= 15 is 0 Å². The van der Waals surface area contributed by atoms with Crippen LogP contribution in [0.4, 0.5) is 5.95 Å². The van der Waals surface area contributed by atoms with Gasteiger partial charge in [0.2, 0.25) is 11.9 Å². The van der Waals surface area contributed by atoms with E-state index in [-0.39, 0.29) is 17.8 Å². The molecule has 1 aliphatic heterocycles. The summed E-state index contributed by atoms with van der Waals surface area (Å²) in [6.07, 6.45) is 5.19. The molecule has 3 aromatic rings. The number of benzene rings is 1. The number of hydrogen-bond acceptors (Lipinski definition) is 4. The van der Waals surface area contributed by atoms with Crippen LogP contribution in [0.3, 0.4) is 0 Å². The third-order valence-corrected chi connectivity index (χ3v) is 4.11. The maximum Gasteiger partial charge on any atom is 0.237 e. The second-order valence-corrected chi connectivity index (χ2v) is 5.36. The lowest BCUT2D eigenvalue weighted by Gasteiger charge is -2.22. The molecule has 1 aliphatic rings. The highest BCUT2D eigenvalue weighted by molar-refractivity contribution is 5.94. The highest BCUT2D eigenvalue weighted by atomic mass is 16.2. The SMILES string of the molecule is Nc1nc2ccccc2n1C(=O)C1CCn2ccnc2C1. The average Bonchev–Trinajstić information content (AvgIpc) is 3.08. The van der Waals surface area contributed by atoms with E-state index in [1.54, 1.807) is 10.8 Å². The van der Waals surface area contributed by atoms with E-state index in [0.29, 0.717) is 6.42 Å². The Kier molecular flexibility index (Phi) is 2.57. The maximum atomic E-state index is 12.8. The smallest absolute Gasteiger partial charge is 0.237 e. The minimum Gasteiger partial charge on any atom is -0.369 e. The molecule has 2 N–H and O–H groups in total. The summed E-state index contributed by atoms with van der Waals surface area (Å²) in [5.41, 5.74) is 7.47. The molecule has 0 amide bonds. The molecule has 1 unspecified atom stereocenters. The summed E-state index contributed by atoms with van der Waals surface area (Å²) in [6.45, 7) is 0.818. The number of carbonyl (C=O) groups excluding carboxylic acids is 1. The van der Waals surface area contributed by atoms with E-state index in [2.05, 4.69) is 14.5 Å². The van der Waals surface area contributed by atoms with Crippen molar-refractivity contribution in [2.24, 2.45) is 5.92 Å². The highest BCUT2D eigenvalue weighted by Gasteiger charge is 2.28. The van der Waals surface area contributed by atoms with Gasteiger partial charge in [0.25, 0.3) is 0 Å². The predicted octanol–water partition coefficient (Wildman–Crippen LogP) is 1.72. The number of para-hydroxylation sites is 2. The van der Waals surface area contributed by atoms with Gasteiger partial charge in [-0.15, -0.1) is 0 Å². The van der Waals surface area contributed by atoms with Crippen molar-refractivity contribution in [3.05, 3.63) is 42.5 Å². The van der Waals surface area contributed by atoms with E-state index in [1.807, 2.05) is 30.5 Å². The second-order valence-electron chi connectivity index (χ2n) is 5.36. The maximum absolute atomic E-state index is 12.8. The Morgan fingerprint density at radius 1 is 1.33 bits per heavy atom. The number of carbonyl (C=O) groups is 1. The molecule has 106 valence electrons. The van der Waals surface area contributed by atoms with E-state index in [1.165, 1.54) is 0 Å². The number of aryl methyl sites for hydroxylation is 1. The van der Waals surface area contributed by atoms with Crippen LogP contribution in [-0.2, 0) is 13.0 Å². The van der Waals surface area contributed by atoms with Crippen LogP contribution in [0.1, 0.15) is 17.0 Å². The number of hydrogen-bond donors (Lipinski definition) is 1. The molecule has 0 saturated heterocycles. The van der Waals surface area contributed by atoms with Gasteiger partial charge in [-0.05, 0) is 18.6 Å². The van der Waals surface area contributed by atoms with Crippen molar-refractivity contribution >= 4 is 22.9 Å². The van der Waals surface area contributed by atoms with E-state index in [0.717, 1.165) is 29.8 Å². The van der Waals surface area contributed by atoms with Gasteiger partial charge in [-0.3, -0.25) is 4.79 Å². The van der Waals surface area contributed by atoms with Gasteiger partial charge in [0, 0.05) is 31.3 Å². The Morgan fingerprint density at radius 2 is 2.19 bits per heavy atom. The summed E-state index contributed by atoms with van der Waals surface area (Å²) in [7, 11) is 0. The molecule has 21 heavy (non-hydrogen) atoms. The molecule has 6 heteroatoms. The number of anilines is 1. The number of rotatable bonds is 1. The number of imidazole rings is 2. The van der Waals surface area contributed by atoms with Crippen LogP contribution in [0.15, 0.2) is 36.7 Å². The third-order valence-electron chi connectivity index (χ3n) is 4.11. The van der Waals surface area contributed by atoms with Crippen LogP contribution in [0, 0.1) is 5.92 Å². The number of nitrogen functional groups attached to an aromatic ring is 1. The fourth-order valence-corrected chi connectivity index (χ4v) is 3.02. The van der Waals surface area contributed by atoms with Crippen LogP contribution in [-0.4, -0.2) is 25.0 Å². The van der Waals surface area contributed by atoms with Gasteiger partial charge in [0.15, 0.2) is 0 Å². The monoisotopic (exact) mass is 281 g/mol. The first-order chi connectivity index (χ1) is 10.2. The molecule has 0 fully saturated rings. The Morgan fingerprint density at radius 3 is 3.10 bits per heavy atom. The minimum atomic E-state index is -0.0974. The summed E-state index contributed by atoms with van der Waals surface area (Å²) in [5, 5.41) is 0. The first-order valence-corrected chi connectivity index (χ1v) is 7.01. The number of nitrogens with two attached hydrogens (primary N) is 1. The molecule has 1 atom stereocenters. The molecule has 0 radical (unpaired) electrons. The molecule has 2 aromatic heterocycles. The van der Waals surface area contributed by atoms with Crippen LogP contribution < -0.4 is 5.73 Å². The topological polar surface area (TPSA) is 78.7 Å². The largest absolute Gasteiger partial charge is 0.369 e. The summed E-state index contributed by atoms with van der Waals surface area (Å²) in [5.74, 6) is 1.13. The zero-order valence-electron chi connectivity index (χ0n) is 11.4. The average molecular weight is 281 g/mol. The molecule has 4 rings (SSSR count). The highest BCUT2D eigenvalue weighted by Crippen LogP contribution is 2.25. The van der Waals surface area contributed by atoms with Crippen molar-refractivity contribution in [1.29, 1.82) is 0 Å². The summed E-state index contributed by atoms with van der Waals surface area (Å²) < 4.78 is 3.64. The summed E-state index contributed by atoms with van der Waals surface area (Å²) in [6, 6.07) is 7.52. The van der Waals surface area contributed by atoms with Gasteiger partial charge in [-0.25, -0.2) is 14.5 Å². The molecule has 1 aromatic carbocycles. The lowest BCUT2D eigenvalue weighted by Crippen LogP contribution is -2.30. The quantitative estimate of drug-likeness (QED) is 0.736. The Hall–Kier alpha value is -2.63. The van der Waals surface area contributed by atoms with Gasteiger partial charge in [0.05, 0.1) is 11.0 Å². The molecule has 0 spiro atoms. The first-order valence-electron chi connectivity index (χ1n) is 7.01. The molecule has 3 heterocycles. The van der Waals surface area contributed by atoms with Crippen molar-refractivity contribution in [1.82, 2.24) is 19.1 Å².